The number of rotatable bonds is 9. The number of benzene rings is 1. The lowest BCUT2D eigenvalue weighted by atomic mass is 9.83. The fourth-order valence-corrected chi connectivity index (χ4v) is 3.92. The molecule has 0 aliphatic heterocycles. The minimum Gasteiger partial charge on any atom is -0.450 e. The Balaban J connectivity index is 2.02. The average molecular weight is 347 g/mol. The van der Waals surface area contributed by atoms with Gasteiger partial charge in [0.2, 0.25) is 0 Å². The van der Waals surface area contributed by atoms with E-state index in [1.807, 2.05) is 6.92 Å². The molecule has 0 saturated carbocycles. The van der Waals surface area contributed by atoms with E-state index in [2.05, 4.69) is 42.3 Å². The Hall–Kier alpha value is -1.55. The second kappa shape index (κ2) is 10.4. The number of ether oxygens (including phenoxy) is 1. The molecule has 4 nitrogen and oxygen atoms in total. The molecule has 1 unspecified atom stereocenters. The average Bonchev–Trinajstić information content (AvgIpc) is 2.61. The van der Waals surface area contributed by atoms with Crippen LogP contribution in [0.4, 0.5) is 4.79 Å². The minimum atomic E-state index is -0.317. The molecule has 1 aliphatic rings. The summed E-state index contributed by atoms with van der Waals surface area (Å²) in [4.78, 5) is 14.1. The van der Waals surface area contributed by atoms with E-state index in [0.29, 0.717) is 19.2 Å². The third-order valence-corrected chi connectivity index (χ3v) is 5.03. The predicted octanol–water partition coefficient (Wildman–Crippen LogP) is 3.95. The summed E-state index contributed by atoms with van der Waals surface area (Å²) in [6, 6.07) is 7.32. The third-order valence-electron chi connectivity index (χ3n) is 5.03. The highest BCUT2D eigenvalue weighted by atomic mass is 16.5. The Morgan fingerprint density at radius 3 is 2.68 bits per heavy atom. The van der Waals surface area contributed by atoms with E-state index in [4.69, 9.17) is 4.74 Å². The molecule has 2 rings (SSSR count). The molecule has 0 bridgehead atoms. The molecule has 1 N–H and O–H groups in total. The van der Waals surface area contributed by atoms with Gasteiger partial charge in [-0.05, 0) is 75.2 Å². The molecular formula is C21H34N2O2. The number of amides is 1. The molecule has 140 valence electrons. The van der Waals surface area contributed by atoms with Crippen molar-refractivity contribution >= 4 is 6.09 Å². The maximum Gasteiger partial charge on any atom is 0.407 e. The second-order valence-electron chi connectivity index (χ2n) is 6.88. The molecule has 1 aromatic rings. The summed E-state index contributed by atoms with van der Waals surface area (Å²) in [5, 5.41) is 2.84. The Morgan fingerprint density at radius 1 is 1.24 bits per heavy atom. The molecule has 0 aromatic heterocycles. The Bertz CT molecular complexity index is 539. The van der Waals surface area contributed by atoms with Crippen molar-refractivity contribution in [3.05, 3.63) is 34.9 Å². The van der Waals surface area contributed by atoms with E-state index in [1.54, 1.807) is 0 Å². The predicted molar refractivity (Wildman–Crippen MR) is 103 cm³/mol. The highest BCUT2D eigenvalue weighted by Gasteiger charge is 2.24. The summed E-state index contributed by atoms with van der Waals surface area (Å²) in [6.45, 7) is 9.80. The number of carbonyl (C=O) groups excluding carboxylic acids is 1. The van der Waals surface area contributed by atoms with Crippen LogP contribution in [-0.2, 0) is 24.0 Å². The largest absolute Gasteiger partial charge is 0.450 e. The van der Waals surface area contributed by atoms with E-state index in [9.17, 15) is 4.79 Å². The first kappa shape index (κ1) is 19.8. The van der Waals surface area contributed by atoms with Crippen LogP contribution in [0.1, 0.15) is 56.7 Å². The van der Waals surface area contributed by atoms with Crippen molar-refractivity contribution in [2.24, 2.45) is 0 Å². The second-order valence-corrected chi connectivity index (χ2v) is 6.88. The van der Waals surface area contributed by atoms with E-state index in [1.165, 1.54) is 55.5 Å². The summed E-state index contributed by atoms with van der Waals surface area (Å²) < 4.78 is 4.94. The van der Waals surface area contributed by atoms with Gasteiger partial charge in [-0.15, -0.1) is 0 Å². The van der Waals surface area contributed by atoms with Crippen molar-refractivity contribution in [1.82, 2.24) is 10.2 Å². The van der Waals surface area contributed by atoms with Crippen LogP contribution in [0.25, 0.3) is 0 Å². The number of nitrogens with one attached hydrogen (secondary N) is 1. The number of carbonyl (C=O) groups is 1. The van der Waals surface area contributed by atoms with E-state index < -0.39 is 0 Å². The van der Waals surface area contributed by atoms with Crippen LogP contribution < -0.4 is 5.32 Å². The Labute approximate surface area is 152 Å². The van der Waals surface area contributed by atoms with Crippen molar-refractivity contribution in [3.63, 3.8) is 0 Å². The topological polar surface area (TPSA) is 41.6 Å². The monoisotopic (exact) mass is 346 g/mol. The normalized spacial score (nSPS) is 16.6. The highest BCUT2D eigenvalue weighted by molar-refractivity contribution is 5.67. The first-order valence-corrected chi connectivity index (χ1v) is 9.93. The van der Waals surface area contributed by atoms with E-state index in [-0.39, 0.29) is 6.09 Å². The van der Waals surface area contributed by atoms with Gasteiger partial charge >= 0.3 is 6.09 Å². The number of nitrogens with zero attached hydrogens (tertiary/aromatic N) is 1. The quantitative estimate of drug-likeness (QED) is 0.736. The molecule has 0 radical (unpaired) electrons. The van der Waals surface area contributed by atoms with Gasteiger partial charge in [0.05, 0.1) is 6.61 Å². The molecule has 1 aromatic carbocycles. The van der Waals surface area contributed by atoms with Crippen molar-refractivity contribution in [2.75, 3.05) is 26.2 Å². The summed E-state index contributed by atoms with van der Waals surface area (Å²) in [6.07, 6.45) is 6.56. The smallest absolute Gasteiger partial charge is 0.407 e. The van der Waals surface area contributed by atoms with E-state index in [0.717, 1.165) is 12.8 Å². The fraction of sp³-hybridized carbons (Fsp3) is 0.667. The lowest BCUT2D eigenvalue weighted by Crippen LogP contribution is -2.40. The lowest BCUT2D eigenvalue weighted by molar-refractivity contribution is 0.152. The number of hydrogen-bond acceptors (Lipinski definition) is 3. The minimum absolute atomic E-state index is 0.317. The van der Waals surface area contributed by atoms with Gasteiger partial charge in [-0.25, -0.2) is 4.79 Å². The molecule has 25 heavy (non-hydrogen) atoms. The molecule has 0 heterocycles. The number of fused-ring (bicyclic) bond motifs is 1. The fourth-order valence-electron chi connectivity index (χ4n) is 3.92. The summed E-state index contributed by atoms with van der Waals surface area (Å²) in [5.41, 5.74) is 4.39. The molecule has 1 atom stereocenters. The maximum atomic E-state index is 11.5. The van der Waals surface area contributed by atoms with Crippen LogP contribution >= 0.6 is 0 Å². The third kappa shape index (κ3) is 5.74. The standard InChI is InChI=1S/C21H34N2O2/c1-4-14-23(15-5-2)19-11-10-17-8-7-9-18(20(17)16-19)12-13-22-21(24)25-6-3/h7-9,19H,4-6,10-16H2,1-3H3,(H,22,24). The van der Waals surface area contributed by atoms with Crippen molar-refractivity contribution in [3.8, 4) is 0 Å². The van der Waals surface area contributed by atoms with Gasteiger partial charge in [0.1, 0.15) is 0 Å². The van der Waals surface area contributed by atoms with Gasteiger partial charge in [0.25, 0.3) is 0 Å². The van der Waals surface area contributed by atoms with Crippen LogP contribution in [0.5, 0.6) is 0 Å². The van der Waals surface area contributed by atoms with Gasteiger partial charge < -0.3 is 15.0 Å². The van der Waals surface area contributed by atoms with Gasteiger partial charge in [-0.2, -0.15) is 0 Å². The molecule has 0 fully saturated rings. The lowest BCUT2D eigenvalue weighted by Gasteiger charge is -2.36. The SMILES string of the molecule is CCCN(CCC)C1CCc2cccc(CCNC(=O)OCC)c2C1. The van der Waals surface area contributed by atoms with Crippen LogP contribution in [0.15, 0.2) is 18.2 Å². The number of hydrogen-bond donors (Lipinski definition) is 1. The zero-order valence-electron chi connectivity index (χ0n) is 16.1. The molecule has 4 heteroatoms. The summed E-state index contributed by atoms with van der Waals surface area (Å²) >= 11 is 0. The zero-order valence-corrected chi connectivity index (χ0v) is 16.1. The Morgan fingerprint density at radius 2 is 2.00 bits per heavy atom. The molecule has 1 amide bonds. The van der Waals surface area contributed by atoms with Crippen LogP contribution in [0.2, 0.25) is 0 Å². The molecule has 1 aliphatic carbocycles. The van der Waals surface area contributed by atoms with Crippen molar-refractivity contribution in [1.29, 1.82) is 0 Å². The first-order chi connectivity index (χ1) is 12.2. The van der Waals surface area contributed by atoms with Gasteiger partial charge in [-0.1, -0.05) is 32.0 Å². The van der Waals surface area contributed by atoms with Crippen LogP contribution in [0.3, 0.4) is 0 Å². The molecule has 0 spiro atoms. The Kier molecular flexibility index (Phi) is 8.26. The number of aryl methyl sites for hydroxylation is 1. The zero-order chi connectivity index (χ0) is 18.1. The van der Waals surface area contributed by atoms with Gasteiger partial charge in [0, 0.05) is 12.6 Å². The van der Waals surface area contributed by atoms with Gasteiger partial charge in [-0.3, -0.25) is 0 Å². The molecular weight excluding hydrogens is 312 g/mol. The van der Waals surface area contributed by atoms with Crippen molar-refractivity contribution in [2.45, 2.75) is 65.3 Å². The van der Waals surface area contributed by atoms with Crippen LogP contribution in [-0.4, -0.2) is 43.3 Å². The summed E-state index contributed by atoms with van der Waals surface area (Å²) in [7, 11) is 0. The summed E-state index contributed by atoms with van der Waals surface area (Å²) in [5.74, 6) is 0. The van der Waals surface area contributed by atoms with E-state index >= 15 is 0 Å². The first-order valence-electron chi connectivity index (χ1n) is 9.93. The van der Waals surface area contributed by atoms with Crippen LogP contribution in [0, 0.1) is 0 Å². The highest BCUT2D eigenvalue weighted by Crippen LogP contribution is 2.28. The van der Waals surface area contributed by atoms with Gasteiger partial charge in [0.15, 0.2) is 0 Å². The molecule has 0 saturated heterocycles. The number of alkyl carbamates (subject to hydrolysis) is 1. The van der Waals surface area contributed by atoms with Crippen molar-refractivity contribution < 1.29 is 9.53 Å². The maximum absolute atomic E-state index is 11.5.